The summed E-state index contributed by atoms with van der Waals surface area (Å²) in [7, 11) is 1.64. The van der Waals surface area contributed by atoms with Crippen molar-refractivity contribution < 1.29 is 9.53 Å². The zero-order valence-electron chi connectivity index (χ0n) is 16.3. The van der Waals surface area contributed by atoms with Gasteiger partial charge in [-0.25, -0.2) is 4.68 Å². The maximum atomic E-state index is 12.9. The normalized spacial score (nSPS) is 17.9. The molecule has 2 aromatic carbocycles. The molecule has 2 N–H and O–H groups in total. The van der Waals surface area contributed by atoms with Gasteiger partial charge in [0, 0.05) is 12.1 Å². The van der Waals surface area contributed by atoms with Crippen LogP contribution in [-0.4, -0.2) is 39.7 Å². The summed E-state index contributed by atoms with van der Waals surface area (Å²) in [5, 5.41) is 12.0. The first-order chi connectivity index (χ1) is 14.2. The van der Waals surface area contributed by atoms with Crippen molar-refractivity contribution in [1.29, 1.82) is 0 Å². The van der Waals surface area contributed by atoms with E-state index in [0.717, 1.165) is 29.1 Å². The fourth-order valence-corrected chi connectivity index (χ4v) is 4.34. The quantitative estimate of drug-likeness (QED) is 0.651. The van der Waals surface area contributed by atoms with Crippen LogP contribution in [0.1, 0.15) is 24.9 Å². The SMILES string of the molecule is CCCNC(=O)[C@H]1Sc2nnc(-c3ccccc3)n2N[C@@H]1c1ccc(OC)cc1. The molecule has 0 saturated heterocycles. The highest BCUT2D eigenvalue weighted by Crippen LogP contribution is 2.38. The Balaban J connectivity index is 1.71. The van der Waals surface area contributed by atoms with E-state index in [2.05, 4.69) is 20.9 Å². The Kier molecular flexibility index (Phi) is 5.71. The van der Waals surface area contributed by atoms with Crippen molar-refractivity contribution in [3.05, 3.63) is 60.2 Å². The Morgan fingerprint density at radius 2 is 1.93 bits per heavy atom. The predicted octanol–water partition coefficient (Wildman–Crippen LogP) is 3.24. The number of methoxy groups -OCH3 is 1. The molecule has 3 aromatic rings. The van der Waals surface area contributed by atoms with Crippen LogP contribution in [0.3, 0.4) is 0 Å². The number of thioether (sulfide) groups is 1. The second-order valence-corrected chi connectivity index (χ2v) is 7.83. The van der Waals surface area contributed by atoms with Crippen molar-refractivity contribution in [2.24, 2.45) is 0 Å². The average Bonchev–Trinajstić information content (AvgIpc) is 3.20. The van der Waals surface area contributed by atoms with E-state index in [1.165, 1.54) is 11.8 Å². The van der Waals surface area contributed by atoms with Gasteiger partial charge in [0.1, 0.15) is 11.0 Å². The first-order valence-corrected chi connectivity index (χ1v) is 10.4. The number of carbonyl (C=O) groups excluding carboxylic acids is 1. The monoisotopic (exact) mass is 409 g/mol. The van der Waals surface area contributed by atoms with Gasteiger partial charge in [0.15, 0.2) is 5.82 Å². The number of amides is 1. The molecule has 0 bridgehead atoms. The van der Waals surface area contributed by atoms with Crippen molar-refractivity contribution in [2.45, 2.75) is 29.8 Å². The van der Waals surface area contributed by atoms with E-state index in [9.17, 15) is 4.79 Å². The summed E-state index contributed by atoms with van der Waals surface area (Å²) in [6.45, 7) is 2.68. The molecule has 0 unspecified atom stereocenters. The average molecular weight is 410 g/mol. The van der Waals surface area contributed by atoms with Crippen LogP contribution in [0.4, 0.5) is 0 Å². The van der Waals surface area contributed by atoms with Gasteiger partial charge in [-0.15, -0.1) is 10.2 Å². The molecule has 1 aliphatic rings. The summed E-state index contributed by atoms with van der Waals surface area (Å²) in [5.74, 6) is 1.49. The molecule has 2 heterocycles. The Morgan fingerprint density at radius 3 is 2.62 bits per heavy atom. The lowest BCUT2D eigenvalue weighted by molar-refractivity contribution is -0.120. The molecule has 1 aliphatic heterocycles. The number of nitrogens with one attached hydrogen (secondary N) is 2. The van der Waals surface area contributed by atoms with Crippen molar-refractivity contribution in [2.75, 3.05) is 19.1 Å². The van der Waals surface area contributed by atoms with Crippen LogP contribution >= 0.6 is 11.8 Å². The number of hydrogen-bond acceptors (Lipinski definition) is 6. The number of ether oxygens (including phenoxy) is 1. The van der Waals surface area contributed by atoms with E-state index in [4.69, 9.17) is 4.74 Å². The molecular formula is C21H23N5O2S. The number of benzene rings is 2. The van der Waals surface area contributed by atoms with Crippen LogP contribution < -0.4 is 15.5 Å². The first-order valence-electron chi connectivity index (χ1n) is 9.57. The highest BCUT2D eigenvalue weighted by molar-refractivity contribution is 8.00. The molecule has 0 saturated carbocycles. The first kappa shape index (κ1) is 19.3. The van der Waals surface area contributed by atoms with Gasteiger partial charge in [-0.05, 0) is 24.1 Å². The topological polar surface area (TPSA) is 81.1 Å². The van der Waals surface area contributed by atoms with E-state index in [0.29, 0.717) is 11.7 Å². The third-order valence-electron chi connectivity index (χ3n) is 4.75. The summed E-state index contributed by atoms with van der Waals surface area (Å²) in [6, 6.07) is 17.4. The minimum atomic E-state index is -0.365. The number of aromatic nitrogens is 3. The van der Waals surface area contributed by atoms with Gasteiger partial charge in [-0.2, -0.15) is 0 Å². The molecule has 0 spiro atoms. The minimum absolute atomic E-state index is 0.0133. The molecule has 1 aromatic heterocycles. The van der Waals surface area contributed by atoms with Gasteiger partial charge in [-0.1, -0.05) is 61.2 Å². The fraction of sp³-hybridized carbons (Fsp3) is 0.286. The van der Waals surface area contributed by atoms with Gasteiger partial charge >= 0.3 is 0 Å². The lowest BCUT2D eigenvalue weighted by atomic mass is 10.0. The van der Waals surface area contributed by atoms with E-state index in [1.807, 2.05) is 66.2 Å². The highest BCUT2D eigenvalue weighted by Gasteiger charge is 2.37. The second kappa shape index (κ2) is 8.57. The summed E-state index contributed by atoms with van der Waals surface area (Å²) >= 11 is 1.43. The van der Waals surface area contributed by atoms with Crippen molar-refractivity contribution in [3.63, 3.8) is 0 Å². The molecule has 150 valence electrons. The number of nitrogens with zero attached hydrogens (tertiary/aromatic N) is 3. The largest absolute Gasteiger partial charge is 0.497 e. The molecule has 0 radical (unpaired) electrons. The molecule has 0 aliphatic carbocycles. The van der Waals surface area contributed by atoms with Crippen molar-refractivity contribution in [1.82, 2.24) is 20.2 Å². The Bertz CT molecular complexity index is 974. The molecule has 29 heavy (non-hydrogen) atoms. The smallest absolute Gasteiger partial charge is 0.236 e. The predicted molar refractivity (Wildman–Crippen MR) is 113 cm³/mol. The standard InChI is InChI=1S/C21H23N5O2S/c1-3-13-22-20(27)18-17(14-9-11-16(28-2)12-10-14)25-26-19(23-24-21(26)29-18)15-7-5-4-6-8-15/h4-12,17-18,25H,3,13H2,1-2H3,(H,22,27)/t17-,18+/m1/s1. The summed E-state index contributed by atoms with van der Waals surface area (Å²) in [4.78, 5) is 12.9. The highest BCUT2D eigenvalue weighted by atomic mass is 32.2. The lowest BCUT2D eigenvalue weighted by Gasteiger charge is -2.33. The number of carbonyl (C=O) groups is 1. The molecule has 0 fully saturated rings. The van der Waals surface area contributed by atoms with Gasteiger partial charge in [0.05, 0.1) is 13.2 Å². The van der Waals surface area contributed by atoms with Gasteiger partial charge < -0.3 is 15.5 Å². The van der Waals surface area contributed by atoms with Gasteiger partial charge in [0.2, 0.25) is 11.1 Å². The number of fused-ring (bicyclic) bond motifs is 1. The van der Waals surface area contributed by atoms with Crippen molar-refractivity contribution >= 4 is 17.7 Å². The van der Waals surface area contributed by atoms with Crippen LogP contribution in [0.15, 0.2) is 59.8 Å². The van der Waals surface area contributed by atoms with E-state index in [-0.39, 0.29) is 17.2 Å². The van der Waals surface area contributed by atoms with Crippen LogP contribution in [0.5, 0.6) is 5.75 Å². The molecular weight excluding hydrogens is 386 g/mol. The van der Waals surface area contributed by atoms with Gasteiger partial charge in [0.25, 0.3) is 0 Å². The lowest BCUT2D eigenvalue weighted by Crippen LogP contribution is -2.44. The molecule has 8 heteroatoms. The third kappa shape index (κ3) is 3.93. The second-order valence-electron chi connectivity index (χ2n) is 6.72. The van der Waals surface area contributed by atoms with E-state index in [1.54, 1.807) is 7.11 Å². The summed E-state index contributed by atoms with van der Waals surface area (Å²) < 4.78 is 7.15. The van der Waals surface area contributed by atoms with E-state index >= 15 is 0 Å². The maximum absolute atomic E-state index is 12.9. The van der Waals surface area contributed by atoms with Gasteiger partial charge in [-0.3, -0.25) is 4.79 Å². The molecule has 4 rings (SSSR count). The fourth-order valence-electron chi connectivity index (χ4n) is 3.24. The molecule has 2 atom stereocenters. The molecule has 1 amide bonds. The maximum Gasteiger partial charge on any atom is 0.236 e. The van der Waals surface area contributed by atoms with Crippen LogP contribution in [0.2, 0.25) is 0 Å². The summed E-state index contributed by atoms with van der Waals surface area (Å²) in [5.41, 5.74) is 5.43. The van der Waals surface area contributed by atoms with Crippen LogP contribution in [0, 0.1) is 0 Å². The number of rotatable bonds is 6. The van der Waals surface area contributed by atoms with Crippen molar-refractivity contribution in [3.8, 4) is 17.1 Å². The Hall–Kier alpha value is -3.00. The number of hydrogen-bond donors (Lipinski definition) is 2. The van der Waals surface area contributed by atoms with Crippen LogP contribution in [0.25, 0.3) is 11.4 Å². The molecule has 7 nitrogen and oxygen atoms in total. The van der Waals surface area contributed by atoms with Crippen LogP contribution in [-0.2, 0) is 4.79 Å². The minimum Gasteiger partial charge on any atom is -0.497 e. The third-order valence-corrected chi connectivity index (χ3v) is 5.97. The zero-order chi connectivity index (χ0) is 20.2. The summed E-state index contributed by atoms with van der Waals surface area (Å²) in [6.07, 6.45) is 0.887. The Morgan fingerprint density at radius 1 is 1.17 bits per heavy atom. The Labute approximate surface area is 173 Å². The zero-order valence-corrected chi connectivity index (χ0v) is 17.1. The van der Waals surface area contributed by atoms with E-state index < -0.39 is 0 Å².